The Bertz CT molecular complexity index is 2210. The highest BCUT2D eigenvalue weighted by atomic mass is 16.8. The molecule has 0 amide bonds. The Kier molecular flexibility index (Phi) is 19.0. The van der Waals surface area contributed by atoms with Crippen LogP contribution >= 0.6 is 0 Å². The minimum Gasteiger partial charge on any atom is -0.459 e. The maximum absolute atomic E-state index is 14.1. The summed E-state index contributed by atoms with van der Waals surface area (Å²) in [6.45, 7) is 3.76. The van der Waals surface area contributed by atoms with Crippen molar-refractivity contribution in [2.24, 2.45) is 0 Å². The molecular formula is C51H56O16. The molecule has 0 aliphatic carbocycles. The van der Waals surface area contributed by atoms with Crippen LogP contribution in [0.15, 0.2) is 121 Å². The van der Waals surface area contributed by atoms with Crippen molar-refractivity contribution in [3.05, 3.63) is 144 Å². The fourth-order valence-corrected chi connectivity index (χ4v) is 7.56. The molecule has 0 spiro atoms. The van der Waals surface area contributed by atoms with Gasteiger partial charge in [0, 0.05) is 20.5 Å². The fraction of sp³-hybridized carbons (Fsp3) is 0.412. The van der Waals surface area contributed by atoms with E-state index in [0.29, 0.717) is 6.42 Å². The van der Waals surface area contributed by atoms with Gasteiger partial charge < -0.3 is 47.4 Å². The molecule has 0 unspecified atom stereocenters. The molecule has 0 N–H and O–H groups in total. The van der Waals surface area contributed by atoms with Crippen molar-refractivity contribution in [3.8, 4) is 0 Å². The van der Waals surface area contributed by atoms with Gasteiger partial charge in [0.05, 0.1) is 28.9 Å². The van der Waals surface area contributed by atoms with Gasteiger partial charge in [-0.05, 0) is 55.0 Å². The first-order chi connectivity index (χ1) is 32.5. The molecule has 67 heavy (non-hydrogen) atoms. The van der Waals surface area contributed by atoms with Gasteiger partial charge in [-0.15, -0.1) is 0 Å². The summed E-state index contributed by atoms with van der Waals surface area (Å²) in [5.41, 5.74) is 0.457. The van der Waals surface area contributed by atoms with Crippen LogP contribution in [0.25, 0.3) is 0 Å². The standard InChI is InChI=1S/C51H56O16/c1-4-5-6-7-8-21-30-58-50-44(62-34(3)53)42(39(32-60-50)61-33(2)52)67-51-45(66-49(57)38-28-19-12-20-29-38)43(65-48(56)37-26-17-11-18-27-37)41(64-47(55)36-24-15-10-16-25-36)40(63-51)31-59-46(54)35-22-13-9-14-23-35/h9-20,22-29,39-45,50-51H,4-8,21,30-32H2,1-3H3/t39-,40-,41+,42+,43+,44-,45-,50-,51+/m1/s1. The predicted octanol–water partition coefficient (Wildman–Crippen LogP) is 7.23. The Morgan fingerprint density at radius 2 is 0.940 bits per heavy atom. The molecule has 0 bridgehead atoms. The zero-order valence-electron chi connectivity index (χ0n) is 37.6. The highest BCUT2D eigenvalue weighted by Crippen LogP contribution is 2.35. The average molecular weight is 925 g/mol. The number of carbonyl (C=O) groups is 6. The highest BCUT2D eigenvalue weighted by Gasteiger charge is 2.56. The molecule has 2 fully saturated rings. The molecule has 4 aromatic rings. The molecule has 0 radical (unpaired) electrons. The molecule has 2 aliphatic rings. The van der Waals surface area contributed by atoms with Crippen LogP contribution in [0.5, 0.6) is 0 Å². The van der Waals surface area contributed by atoms with Crippen LogP contribution in [0.2, 0.25) is 0 Å². The van der Waals surface area contributed by atoms with Crippen molar-refractivity contribution < 1.29 is 76.1 Å². The number of rotatable bonds is 21. The number of carbonyl (C=O) groups excluding carboxylic acids is 6. The van der Waals surface area contributed by atoms with Crippen LogP contribution in [0, 0.1) is 0 Å². The average Bonchev–Trinajstić information content (AvgIpc) is 3.34. The van der Waals surface area contributed by atoms with E-state index in [-0.39, 0.29) is 35.5 Å². The van der Waals surface area contributed by atoms with E-state index in [1.54, 1.807) is 72.8 Å². The Morgan fingerprint density at radius 3 is 1.45 bits per heavy atom. The van der Waals surface area contributed by atoms with Gasteiger partial charge in [0.15, 0.2) is 43.1 Å². The normalized spacial score (nSPS) is 23.5. The summed E-state index contributed by atoms with van der Waals surface area (Å²) in [6.07, 6.45) is -8.12. The number of unbranched alkanes of at least 4 members (excludes halogenated alkanes) is 5. The Balaban J connectivity index is 1.43. The molecule has 2 saturated heterocycles. The van der Waals surface area contributed by atoms with E-state index in [0.717, 1.165) is 32.1 Å². The van der Waals surface area contributed by atoms with Gasteiger partial charge in [-0.2, -0.15) is 0 Å². The predicted molar refractivity (Wildman–Crippen MR) is 237 cm³/mol. The van der Waals surface area contributed by atoms with Crippen molar-refractivity contribution in [2.75, 3.05) is 19.8 Å². The summed E-state index contributed by atoms with van der Waals surface area (Å²) in [5.74, 6) is -5.00. The van der Waals surface area contributed by atoms with E-state index in [1.807, 2.05) is 0 Å². The van der Waals surface area contributed by atoms with E-state index < -0.39 is 97.7 Å². The van der Waals surface area contributed by atoms with E-state index in [9.17, 15) is 28.8 Å². The number of ether oxygens (including phenoxy) is 10. The Morgan fingerprint density at radius 1 is 0.493 bits per heavy atom. The third kappa shape index (κ3) is 14.5. The first kappa shape index (κ1) is 50.0. The molecule has 356 valence electrons. The van der Waals surface area contributed by atoms with Gasteiger partial charge >= 0.3 is 35.8 Å². The summed E-state index contributed by atoms with van der Waals surface area (Å²) in [4.78, 5) is 81.1. The molecule has 16 heteroatoms. The number of benzene rings is 4. The van der Waals surface area contributed by atoms with Crippen LogP contribution in [0.1, 0.15) is 101 Å². The van der Waals surface area contributed by atoms with Crippen molar-refractivity contribution in [2.45, 2.75) is 115 Å². The topological polar surface area (TPSA) is 195 Å². The van der Waals surface area contributed by atoms with Crippen LogP contribution in [-0.2, 0) is 57.0 Å². The van der Waals surface area contributed by atoms with E-state index in [1.165, 1.54) is 62.4 Å². The molecule has 2 aliphatic heterocycles. The monoisotopic (exact) mass is 924 g/mol. The van der Waals surface area contributed by atoms with Gasteiger partial charge in [0.25, 0.3) is 0 Å². The van der Waals surface area contributed by atoms with Crippen LogP contribution < -0.4 is 0 Å². The maximum atomic E-state index is 14.1. The smallest absolute Gasteiger partial charge is 0.338 e. The SMILES string of the molecule is CCCCCCCCO[C@@H]1OC[C@@H](OC(C)=O)[C@H](O[C@@H]2O[C@H](COC(=O)c3ccccc3)[C@H](OC(=O)c3ccccc3)[C@H](OC(=O)c3ccccc3)[C@H]2OC(=O)c2ccccc2)[C@H]1OC(C)=O. The summed E-state index contributed by atoms with van der Waals surface area (Å²) < 4.78 is 61.2. The lowest BCUT2D eigenvalue weighted by molar-refractivity contribution is -0.347. The van der Waals surface area contributed by atoms with Crippen LogP contribution in [0.3, 0.4) is 0 Å². The quantitative estimate of drug-likeness (QED) is 0.0461. The molecule has 0 aromatic heterocycles. The lowest BCUT2D eigenvalue weighted by atomic mass is 9.97. The first-order valence-corrected chi connectivity index (χ1v) is 22.4. The van der Waals surface area contributed by atoms with Crippen LogP contribution in [-0.4, -0.2) is 111 Å². The van der Waals surface area contributed by atoms with Crippen molar-refractivity contribution >= 4 is 35.8 Å². The largest absolute Gasteiger partial charge is 0.459 e. The van der Waals surface area contributed by atoms with Crippen molar-refractivity contribution in [3.63, 3.8) is 0 Å². The minimum absolute atomic E-state index is 0.0796. The first-order valence-electron chi connectivity index (χ1n) is 22.4. The third-order valence-corrected chi connectivity index (χ3v) is 10.8. The zero-order chi connectivity index (χ0) is 47.5. The third-order valence-electron chi connectivity index (χ3n) is 10.8. The van der Waals surface area contributed by atoms with Gasteiger partial charge in [0.2, 0.25) is 0 Å². The molecule has 4 aromatic carbocycles. The zero-order valence-corrected chi connectivity index (χ0v) is 37.6. The number of hydrogen-bond donors (Lipinski definition) is 0. The number of hydrogen-bond acceptors (Lipinski definition) is 16. The molecule has 0 saturated carbocycles. The summed E-state index contributed by atoms with van der Waals surface area (Å²) in [7, 11) is 0. The molecule has 9 atom stereocenters. The second-order valence-corrected chi connectivity index (χ2v) is 15.9. The summed E-state index contributed by atoms with van der Waals surface area (Å²) in [6, 6.07) is 31.8. The van der Waals surface area contributed by atoms with E-state index in [4.69, 9.17) is 47.4 Å². The van der Waals surface area contributed by atoms with Gasteiger partial charge in [-0.1, -0.05) is 112 Å². The minimum atomic E-state index is -1.83. The van der Waals surface area contributed by atoms with Crippen molar-refractivity contribution in [1.82, 2.24) is 0 Å². The van der Waals surface area contributed by atoms with Gasteiger partial charge in [0.1, 0.15) is 18.8 Å². The lowest BCUT2D eigenvalue weighted by Crippen LogP contribution is -2.66. The molecule has 6 rings (SSSR count). The molecule has 16 nitrogen and oxygen atoms in total. The van der Waals surface area contributed by atoms with Gasteiger partial charge in [-0.3, -0.25) is 9.59 Å². The summed E-state index contributed by atoms with van der Waals surface area (Å²) >= 11 is 0. The summed E-state index contributed by atoms with van der Waals surface area (Å²) in [5, 5.41) is 0. The van der Waals surface area contributed by atoms with Gasteiger partial charge in [-0.25, -0.2) is 19.2 Å². The highest BCUT2D eigenvalue weighted by molar-refractivity contribution is 5.91. The maximum Gasteiger partial charge on any atom is 0.338 e. The fourth-order valence-electron chi connectivity index (χ4n) is 7.56. The number of esters is 6. The van der Waals surface area contributed by atoms with E-state index in [2.05, 4.69) is 6.92 Å². The Hall–Kier alpha value is -6.46. The second-order valence-electron chi connectivity index (χ2n) is 15.9. The second kappa shape index (κ2) is 25.4. The van der Waals surface area contributed by atoms with Crippen LogP contribution in [0.4, 0.5) is 0 Å². The molecular weight excluding hydrogens is 869 g/mol. The lowest BCUT2D eigenvalue weighted by Gasteiger charge is -2.47. The Labute approximate surface area is 389 Å². The van der Waals surface area contributed by atoms with E-state index >= 15 is 0 Å². The van der Waals surface area contributed by atoms with Crippen molar-refractivity contribution in [1.29, 1.82) is 0 Å². The molecule has 2 heterocycles.